The number of hydrogen-bond acceptors (Lipinski definition) is 4. The molecular weight excluding hydrogens is 332 g/mol. The molecule has 0 aromatic heterocycles. The molecule has 2 N–H and O–H groups in total. The van der Waals surface area contributed by atoms with Gasteiger partial charge in [0, 0.05) is 5.39 Å². The maximum absolute atomic E-state index is 11.8. The van der Waals surface area contributed by atoms with Crippen molar-refractivity contribution < 1.29 is 24.5 Å². The van der Waals surface area contributed by atoms with Gasteiger partial charge in [-0.15, -0.1) is 0 Å². The Hall–Kier alpha value is -3.34. The van der Waals surface area contributed by atoms with Gasteiger partial charge in [-0.25, -0.2) is 9.59 Å². The summed E-state index contributed by atoms with van der Waals surface area (Å²) in [4.78, 5) is 23.4. The van der Waals surface area contributed by atoms with E-state index in [1.54, 1.807) is 36.4 Å². The van der Waals surface area contributed by atoms with Gasteiger partial charge >= 0.3 is 11.9 Å². The van der Waals surface area contributed by atoms with E-state index in [1.165, 1.54) is 7.11 Å². The highest BCUT2D eigenvalue weighted by molar-refractivity contribution is 6.09. The molecule has 5 heteroatoms. The minimum atomic E-state index is -1.17. The van der Waals surface area contributed by atoms with Crippen molar-refractivity contribution in [2.24, 2.45) is 0 Å². The number of carboxylic acids is 1. The van der Waals surface area contributed by atoms with E-state index >= 15 is 0 Å². The predicted octanol–water partition coefficient (Wildman–Crippen LogP) is 4.26. The van der Waals surface area contributed by atoms with Gasteiger partial charge < -0.3 is 14.9 Å². The predicted molar refractivity (Wildman–Crippen MR) is 98.7 cm³/mol. The van der Waals surface area contributed by atoms with Gasteiger partial charge in [-0.3, -0.25) is 0 Å². The molecule has 0 fully saturated rings. The Kier molecular flexibility index (Phi) is 4.63. The molecule has 3 aromatic carbocycles. The minimum absolute atomic E-state index is 0.0850. The summed E-state index contributed by atoms with van der Waals surface area (Å²) in [6.45, 7) is 1.85. The van der Waals surface area contributed by atoms with Gasteiger partial charge in [-0.05, 0) is 40.6 Å². The van der Waals surface area contributed by atoms with E-state index in [0.717, 1.165) is 16.5 Å². The van der Waals surface area contributed by atoms with Gasteiger partial charge in [0.2, 0.25) is 0 Å². The zero-order valence-electron chi connectivity index (χ0n) is 14.4. The lowest BCUT2D eigenvalue weighted by atomic mass is 9.87. The summed E-state index contributed by atoms with van der Waals surface area (Å²) >= 11 is 0. The fraction of sp³-hybridized carbons (Fsp3) is 0.143. The first-order chi connectivity index (χ1) is 12.5. The Balaban J connectivity index is 2.36. The van der Waals surface area contributed by atoms with Crippen molar-refractivity contribution >= 4 is 22.7 Å². The number of phenols is 1. The van der Waals surface area contributed by atoms with Crippen LogP contribution in [-0.4, -0.2) is 29.3 Å². The fourth-order valence-corrected chi connectivity index (χ4v) is 3.28. The zero-order chi connectivity index (χ0) is 18.8. The van der Waals surface area contributed by atoms with E-state index < -0.39 is 11.9 Å². The van der Waals surface area contributed by atoms with Crippen LogP contribution in [0.25, 0.3) is 21.9 Å². The van der Waals surface area contributed by atoms with Crippen LogP contribution in [0.2, 0.25) is 0 Å². The van der Waals surface area contributed by atoms with Gasteiger partial charge in [0.1, 0.15) is 11.3 Å². The first-order valence-corrected chi connectivity index (χ1v) is 8.18. The Labute approximate surface area is 150 Å². The van der Waals surface area contributed by atoms with Crippen molar-refractivity contribution in [3.63, 3.8) is 0 Å². The number of aromatic hydroxyl groups is 1. The summed E-state index contributed by atoms with van der Waals surface area (Å²) in [5, 5.41) is 21.4. The maximum Gasteiger partial charge on any atom is 0.339 e. The molecule has 0 amide bonds. The lowest BCUT2D eigenvalue weighted by Gasteiger charge is -2.17. The van der Waals surface area contributed by atoms with Gasteiger partial charge in [0.15, 0.2) is 0 Å². The van der Waals surface area contributed by atoms with E-state index in [-0.39, 0.29) is 11.3 Å². The smallest absolute Gasteiger partial charge is 0.339 e. The van der Waals surface area contributed by atoms with Crippen LogP contribution in [0.3, 0.4) is 0 Å². The topological polar surface area (TPSA) is 83.8 Å². The number of hydrogen-bond donors (Lipinski definition) is 2. The summed E-state index contributed by atoms with van der Waals surface area (Å²) in [5.41, 5.74) is 2.40. The third kappa shape index (κ3) is 2.77. The van der Waals surface area contributed by atoms with E-state index in [2.05, 4.69) is 0 Å². The van der Waals surface area contributed by atoms with Crippen LogP contribution in [0, 0.1) is 0 Å². The van der Waals surface area contributed by atoms with E-state index in [1.807, 2.05) is 19.1 Å². The summed E-state index contributed by atoms with van der Waals surface area (Å²) in [7, 11) is 1.32. The van der Waals surface area contributed by atoms with Gasteiger partial charge in [-0.1, -0.05) is 43.3 Å². The monoisotopic (exact) mass is 350 g/mol. The molecule has 132 valence electrons. The molecular formula is C21H18O5. The number of methoxy groups -OCH3 is 1. The molecule has 0 saturated heterocycles. The van der Waals surface area contributed by atoms with Crippen molar-refractivity contribution in [2.45, 2.75) is 13.3 Å². The normalized spacial score (nSPS) is 10.7. The highest BCUT2D eigenvalue weighted by Crippen LogP contribution is 2.41. The van der Waals surface area contributed by atoms with Crippen LogP contribution in [0.1, 0.15) is 33.2 Å². The van der Waals surface area contributed by atoms with Crippen molar-refractivity contribution in [3.05, 3.63) is 65.2 Å². The molecule has 0 unspecified atom stereocenters. The van der Waals surface area contributed by atoms with Crippen LogP contribution < -0.4 is 0 Å². The average molecular weight is 350 g/mol. The molecule has 26 heavy (non-hydrogen) atoms. The van der Waals surface area contributed by atoms with Crippen molar-refractivity contribution in [2.75, 3.05) is 7.11 Å². The van der Waals surface area contributed by atoms with E-state index in [9.17, 15) is 19.8 Å². The lowest BCUT2D eigenvalue weighted by Crippen LogP contribution is -2.06. The third-order valence-electron chi connectivity index (χ3n) is 4.45. The number of carbonyl (C=O) groups excluding carboxylic acids is 1. The van der Waals surface area contributed by atoms with Crippen LogP contribution in [0.5, 0.6) is 5.75 Å². The minimum Gasteiger partial charge on any atom is -0.506 e. The van der Waals surface area contributed by atoms with Crippen LogP contribution in [0.15, 0.2) is 48.5 Å². The number of benzene rings is 3. The van der Waals surface area contributed by atoms with Crippen molar-refractivity contribution in [3.8, 4) is 16.9 Å². The van der Waals surface area contributed by atoms with Crippen molar-refractivity contribution in [1.29, 1.82) is 0 Å². The van der Waals surface area contributed by atoms with E-state index in [0.29, 0.717) is 22.9 Å². The largest absolute Gasteiger partial charge is 0.506 e. The molecule has 0 aliphatic heterocycles. The molecule has 3 rings (SSSR count). The van der Waals surface area contributed by atoms with Crippen LogP contribution in [-0.2, 0) is 11.2 Å². The summed E-state index contributed by atoms with van der Waals surface area (Å²) in [6.07, 6.45) is 0.439. The highest BCUT2D eigenvalue weighted by Gasteiger charge is 2.23. The molecule has 0 atom stereocenters. The van der Waals surface area contributed by atoms with E-state index in [4.69, 9.17) is 4.74 Å². The fourth-order valence-electron chi connectivity index (χ4n) is 3.28. The third-order valence-corrected chi connectivity index (χ3v) is 4.45. The second-order valence-corrected chi connectivity index (χ2v) is 5.85. The quantitative estimate of drug-likeness (QED) is 0.687. The Morgan fingerprint density at radius 2 is 1.62 bits per heavy atom. The Morgan fingerprint density at radius 1 is 1.00 bits per heavy atom. The second kappa shape index (κ2) is 6.88. The Morgan fingerprint density at radius 3 is 2.15 bits per heavy atom. The first-order valence-electron chi connectivity index (χ1n) is 8.18. The number of ether oxygens (including phenoxy) is 1. The summed E-state index contributed by atoms with van der Waals surface area (Å²) in [5.74, 6) is -1.83. The highest BCUT2D eigenvalue weighted by atomic mass is 16.5. The van der Waals surface area contributed by atoms with Gasteiger partial charge in [-0.2, -0.15) is 0 Å². The molecule has 5 nitrogen and oxygen atoms in total. The van der Waals surface area contributed by atoms with Crippen LogP contribution >= 0.6 is 0 Å². The molecule has 0 bridgehead atoms. The first kappa shape index (κ1) is 17.5. The zero-order valence-corrected chi connectivity index (χ0v) is 14.4. The average Bonchev–Trinajstić information content (AvgIpc) is 2.67. The number of esters is 1. The van der Waals surface area contributed by atoms with Gasteiger partial charge in [0.05, 0.1) is 12.7 Å². The maximum atomic E-state index is 11.8. The summed E-state index contributed by atoms with van der Waals surface area (Å²) < 4.78 is 4.71. The molecule has 0 radical (unpaired) electrons. The molecule has 0 saturated carbocycles. The number of rotatable bonds is 4. The number of carbonyl (C=O) groups is 2. The molecule has 0 aliphatic rings. The molecule has 0 spiro atoms. The second-order valence-electron chi connectivity index (χ2n) is 5.85. The molecule has 3 aromatic rings. The molecule has 0 heterocycles. The Bertz CT molecular complexity index is 1000. The molecule has 0 aliphatic carbocycles. The summed E-state index contributed by atoms with van der Waals surface area (Å²) in [6, 6.07) is 13.9. The number of aromatic carboxylic acids is 1. The van der Waals surface area contributed by atoms with Crippen LogP contribution in [0.4, 0.5) is 0 Å². The SMILES string of the molecule is CCc1c(C(=O)O)c(O)c2ccccc2c1-c1ccc(C(=O)OC)cc1. The number of carboxylic acid groups (broad SMARTS) is 1. The lowest BCUT2D eigenvalue weighted by molar-refractivity contribution is 0.0599. The van der Waals surface area contributed by atoms with Crippen molar-refractivity contribution in [1.82, 2.24) is 0 Å². The number of fused-ring (bicyclic) bond motifs is 1. The van der Waals surface area contributed by atoms with Gasteiger partial charge in [0.25, 0.3) is 0 Å². The standard InChI is InChI=1S/C21H18O5/c1-3-14-17(12-8-10-13(11-9-12)21(25)26-2)15-6-4-5-7-16(15)19(22)18(14)20(23)24/h4-11,22H,3H2,1-2H3,(H,23,24).